The van der Waals surface area contributed by atoms with Gasteiger partial charge in [0.1, 0.15) is 5.76 Å². The van der Waals surface area contributed by atoms with E-state index in [4.69, 9.17) is 4.42 Å². The molecule has 3 heterocycles. The number of carbonyl (C=O) groups excluding carboxylic acids is 1. The standard InChI is InChI=1S/C15H17NO2S/c1-3-11-4-5-13(18-11)15(17)16-8-6-14-12(10(16)2)7-9-19-14/h4-5,7,9-10H,3,6,8H2,1-2H3. The first kappa shape index (κ1) is 12.5. The number of thiophene rings is 1. The summed E-state index contributed by atoms with van der Waals surface area (Å²) in [5, 5.41) is 2.11. The van der Waals surface area contributed by atoms with Gasteiger partial charge in [0.2, 0.25) is 0 Å². The van der Waals surface area contributed by atoms with Crippen molar-refractivity contribution in [3.63, 3.8) is 0 Å². The minimum absolute atomic E-state index is 0.00375. The number of amides is 1. The molecule has 4 heteroatoms. The highest BCUT2D eigenvalue weighted by molar-refractivity contribution is 7.10. The van der Waals surface area contributed by atoms with Crippen molar-refractivity contribution in [1.82, 2.24) is 4.90 Å². The van der Waals surface area contributed by atoms with Gasteiger partial charge in [0.15, 0.2) is 5.76 Å². The number of rotatable bonds is 2. The summed E-state index contributed by atoms with van der Waals surface area (Å²) in [4.78, 5) is 15.8. The summed E-state index contributed by atoms with van der Waals surface area (Å²) in [6, 6.07) is 5.94. The van der Waals surface area contributed by atoms with Crippen LogP contribution in [0.25, 0.3) is 0 Å². The van der Waals surface area contributed by atoms with Crippen LogP contribution >= 0.6 is 11.3 Å². The molecule has 1 unspecified atom stereocenters. The van der Waals surface area contributed by atoms with Gasteiger partial charge in [-0.05, 0) is 42.5 Å². The molecule has 19 heavy (non-hydrogen) atoms. The highest BCUT2D eigenvalue weighted by Gasteiger charge is 2.30. The van der Waals surface area contributed by atoms with E-state index in [1.807, 2.05) is 17.9 Å². The summed E-state index contributed by atoms with van der Waals surface area (Å²) in [7, 11) is 0. The van der Waals surface area contributed by atoms with Crippen LogP contribution in [-0.2, 0) is 12.8 Å². The van der Waals surface area contributed by atoms with Gasteiger partial charge in [0.25, 0.3) is 5.91 Å². The molecule has 0 aliphatic carbocycles. The third-order valence-electron chi connectivity index (χ3n) is 3.76. The largest absolute Gasteiger partial charge is 0.456 e. The van der Waals surface area contributed by atoms with Crippen LogP contribution in [0.2, 0.25) is 0 Å². The number of furan rings is 1. The SMILES string of the molecule is CCc1ccc(C(=O)N2CCc3sccc3C2C)o1. The maximum atomic E-state index is 12.5. The lowest BCUT2D eigenvalue weighted by molar-refractivity contribution is 0.0645. The summed E-state index contributed by atoms with van der Waals surface area (Å²) in [5.41, 5.74) is 1.28. The van der Waals surface area contributed by atoms with Crippen LogP contribution in [0.1, 0.15) is 46.6 Å². The smallest absolute Gasteiger partial charge is 0.290 e. The van der Waals surface area contributed by atoms with Crippen molar-refractivity contribution in [2.24, 2.45) is 0 Å². The third-order valence-corrected chi connectivity index (χ3v) is 4.76. The zero-order valence-corrected chi connectivity index (χ0v) is 12.0. The van der Waals surface area contributed by atoms with E-state index in [1.54, 1.807) is 17.4 Å². The number of hydrogen-bond donors (Lipinski definition) is 0. The van der Waals surface area contributed by atoms with Crippen molar-refractivity contribution >= 4 is 17.2 Å². The molecular formula is C15H17NO2S. The summed E-state index contributed by atoms with van der Waals surface area (Å²) in [6.07, 6.45) is 1.77. The van der Waals surface area contributed by atoms with E-state index in [2.05, 4.69) is 18.4 Å². The van der Waals surface area contributed by atoms with Crippen molar-refractivity contribution in [1.29, 1.82) is 0 Å². The van der Waals surface area contributed by atoms with Gasteiger partial charge < -0.3 is 9.32 Å². The number of nitrogens with zero attached hydrogens (tertiary/aromatic N) is 1. The first-order valence-corrected chi connectivity index (χ1v) is 7.54. The van der Waals surface area contributed by atoms with Crippen molar-refractivity contribution < 1.29 is 9.21 Å². The van der Waals surface area contributed by atoms with E-state index in [1.165, 1.54) is 10.4 Å². The lowest BCUT2D eigenvalue weighted by atomic mass is 10.0. The van der Waals surface area contributed by atoms with E-state index in [0.29, 0.717) is 5.76 Å². The van der Waals surface area contributed by atoms with Gasteiger partial charge in [-0.2, -0.15) is 0 Å². The fourth-order valence-corrected chi connectivity index (χ4v) is 3.57. The Morgan fingerprint density at radius 1 is 1.47 bits per heavy atom. The van der Waals surface area contributed by atoms with Crippen LogP contribution in [0, 0.1) is 0 Å². The van der Waals surface area contributed by atoms with Gasteiger partial charge in [-0.15, -0.1) is 11.3 Å². The number of aryl methyl sites for hydroxylation is 1. The second kappa shape index (κ2) is 4.85. The maximum Gasteiger partial charge on any atom is 0.290 e. The minimum Gasteiger partial charge on any atom is -0.456 e. The Kier molecular flexibility index (Phi) is 3.19. The summed E-state index contributed by atoms with van der Waals surface area (Å²) in [5.74, 6) is 1.33. The number of fused-ring (bicyclic) bond motifs is 1. The van der Waals surface area contributed by atoms with Gasteiger partial charge in [-0.3, -0.25) is 4.79 Å². The fraction of sp³-hybridized carbons (Fsp3) is 0.400. The lowest BCUT2D eigenvalue weighted by Gasteiger charge is -2.33. The van der Waals surface area contributed by atoms with E-state index in [0.717, 1.165) is 25.1 Å². The predicted molar refractivity (Wildman–Crippen MR) is 75.6 cm³/mol. The molecule has 0 saturated carbocycles. The third kappa shape index (κ3) is 2.10. The summed E-state index contributed by atoms with van der Waals surface area (Å²) < 4.78 is 5.58. The van der Waals surface area contributed by atoms with Crippen LogP contribution in [0.15, 0.2) is 28.0 Å². The predicted octanol–water partition coefficient (Wildman–Crippen LogP) is 3.66. The average molecular weight is 275 g/mol. The highest BCUT2D eigenvalue weighted by atomic mass is 32.1. The Morgan fingerprint density at radius 2 is 2.32 bits per heavy atom. The Labute approximate surface area is 116 Å². The van der Waals surface area contributed by atoms with Crippen LogP contribution in [0.4, 0.5) is 0 Å². The zero-order valence-electron chi connectivity index (χ0n) is 11.2. The van der Waals surface area contributed by atoms with Crippen molar-refractivity contribution in [3.05, 3.63) is 45.5 Å². The highest BCUT2D eigenvalue weighted by Crippen LogP contribution is 2.33. The Morgan fingerprint density at radius 3 is 3.05 bits per heavy atom. The topological polar surface area (TPSA) is 33.5 Å². The van der Waals surface area contributed by atoms with Crippen LogP contribution in [-0.4, -0.2) is 17.4 Å². The van der Waals surface area contributed by atoms with E-state index in [9.17, 15) is 4.79 Å². The second-order valence-electron chi connectivity index (χ2n) is 4.84. The summed E-state index contributed by atoms with van der Waals surface area (Å²) >= 11 is 1.79. The molecule has 3 rings (SSSR count). The molecule has 0 aromatic carbocycles. The maximum absolute atomic E-state index is 12.5. The first-order valence-electron chi connectivity index (χ1n) is 6.66. The Bertz CT molecular complexity index is 599. The summed E-state index contributed by atoms with van der Waals surface area (Å²) in [6.45, 7) is 4.89. The molecule has 2 aromatic rings. The van der Waals surface area contributed by atoms with E-state index < -0.39 is 0 Å². The molecule has 1 aliphatic rings. The quantitative estimate of drug-likeness (QED) is 0.838. The molecule has 1 atom stereocenters. The zero-order chi connectivity index (χ0) is 13.4. The molecule has 100 valence electrons. The van der Waals surface area contributed by atoms with Crippen molar-refractivity contribution in [3.8, 4) is 0 Å². The van der Waals surface area contributed by atoms with E-state index in [-0.39, 0.29) is 11.9 Å². The molecule has 3 nitrogen and oxygen atoms in total. The monoisotopic (exact) mass is 275 g/mol. The second-order valence-corrected chi connectivity index (χ2v) is 5.84. The van der Waals surface area contributed by atoms with Crippen molar-refractivity contribution in [2.45, 2.75) is 32.7 Å². The molecule has 2 aromatic heterocycles. The average Bonchev–Trinajstić information content (AvgIpc) is 3.07. The normalized spacial score (nSPS) is 18.4. The molecule has 0 bridgehead atoms. The first-order chi connectivity index (χ1) is 9.20. The van der Waals surface area contributed by atoms with Crippen LogP contribution in [0.5, 0.6) is 0 Å². The molecule has 0 fully saturated rings. The molecule has 0 saturated heterocycles. The Balaban J connectivity index is 1.85. The molecule has 1 amide bonds. The lowest BCUT2D eigenvalue weighted by Crippen LogP contribution is -2.38. The van der Waals surface area contributed by atoms with Gasteiger partial charge >= 0.3 is 0 Å². The van der Waals surface area contributed by atoms with Gasteiger partial charge in [-0.1, -0.05) is 6.92 Å². The molecule has 0 radical (unpaired) electrons. The number of carbonyl (C=O) groups is 1. The van der Waals surface area contributed by atoms with Crippen molar-refractivity contribution in [2.75, 3.05) is 6.54 Å². The number of hydrogen-bond acceptors (Lipinski definition) is 3. The van der Waals surface area contributed by atoms with Gasteiger partial charge in [0.05, 0.1) is 6.04 Å². The molecular weight excluding hydrogens is 258 g/mol. The molecule has 0 spiro atoms. The van der Waals surface area contributed by atoms with Gasteiger partial charge in [-0.25, -0.2) is 0 Å². The molecule has 0 N–H and O–H groups in total. The minimum atomic E-state index is 0.00375. The van der Waals surface area contributed by atoms with Gasteiger partial charge in [0, 0.05) is 17.8 Å². The van der Waals surface area contributed by atoms with Crippen LogP contribution < -0.4 is 0 Å². The molecule has 1 aliphatic heterocycles. The van der Waals surface area contributed by atoms with E-state index >= 15 is 0 Å². The fourth-order valence-electron chi connectivity index (χ4n) is 2.61. The van der Waals surface area contributed by atoms with Crippen LogP contribution in [0.3, 0.4) is 0 Å². The Hall–Kier alpha value is -1.55.